The lowest BCUT2D eigenvalue weighted by atomic mass is 10.1. The number of hydrogen-bond acceptors (Lipinski definition) is 8. The smallest absolute Gasteiger partial charge is 0.236 e. The third-order valence-corrected chi connectivity index (χ3v) is 6.73. The first-order chi connectivity index (χ1) is 17.0. The highest BCUT2D eigenvalue weighted by Gasteiger charge is 2.28. The third kappa shape index (κ3) is 4.33. The summed E-state index contributed by atoms with van der Waals surface area (Å²) < 4.78 is 35.9. The summed E-state index contributed by atoms with van der Waals surface area (Å²) in [7, 11) is 2.03. The van der Waals surface area contributed by atoms with Crippen LogP contribution in [0, 0.1) is 23.0 Å². The van der Waals surface area contributed by atoms with Crippen LogP contribution in [0.1, 0.15) is 18.4 Å². The van der Waals surface area contributed by atoms with Crippen LogP contribution >= 0.6 is 0 Å². The van der Waals surface area contributed by atoms with Crippen LogP contribution in [0.2, 0.25) is 0 Å². The van der Waals surface area contributed by atoms with Crippen LogP contribution in [-0.4, -0.2) is 72.4 Å². The van der Waals surface area contributed by atoms with Gasteiger partial charge >= 0.3 is 0 Å². The highest BCUT2D eigenvalue weighted by Crippen LogP contribution is 2.39. The van der Waals surface area contributed by atoms with Gasteiger partial charge in [-0.15, -0.1) is 0 Å². The van der Waals surface area contributed by atoms with Gasteiger partial charge in [-0.3, -0.25) is 0 Å². The molecule has 0 saturated carbocycles. The van der Waals surface area contributed by atoms with E-state index in [1.165, 1.54) is 18.2 Å². The highest BCUT2D eigenvalue weighted by molar-refractivity contribution is 5.95. The van der Waals surface area contributed by atoms with E-state index in [4.69, 9.17) is 4.74 Å². The molecule has 0 bridgehead atoms. The topological polar surface area (TPSA) is 97.5 Å². The van der Waals surface area contributed by atoms with Crippen molar-refractivity contribution in [1.29, 1.82) is 5.26 Å². The third-order valence-electron chi connectivity index (χ3n) is 6.73. The van der Waals surface area contributed by atoms with Gasteiger partial charge in [0.15, 0.2) is 11.5 Å². The fourth-order valence-electron chi connectivity index (χ4n) is 4.84. The first-order valence-electron chi connectivity index (χ1n) is 11.7. The summed E-state index contributed by atoms with van der Waals surface area (Å²) in [5, 5.41) is 23.9. The highest BCUT2D eigenvalue weighted by atomic mass is 19.1. The van der Waals surface area contributed by atoms with Crippen LogP contribution in [0.4, 0.5) is 14.5 Å². The molecule has 1 atom stereocenters. The van der Waals surface area contributed by atoms with Crippen molar-refractivity contribution >= 4 is 16.7 Å². The molecule has 5 rings (SSSR count). The van der Waals surface area contributed by atoms with E-state index < -0.39 is 17.4 Å². The standard InChI is InChI=1S/C25H26F2N6O2/c1-32-9-3-4-15(32)14-35-25-17(13-28)23(33-10-7-29-8-11-33)16-12-19(27)22(30-24(16)31-25)21-18(26)5-2-6-20(21)34/h2,5-6,12,15,29,34H,3-4,7-11,14H2,1H3/t15-/m0/s1. The summed E-state index contributed by atoms with van der Waals surface area (Å²) in [4.78, 5) is 13.0. The van der Waals surface area contributed by atoms with E-state index >= 15 is 4.39 Å². The van der Waals surface area contributed by atoms with Crippen LogP contribution in [0.25, 0.3) is 22.3 Å². The predicted molar refractivity (Wildman–Crippen MR) is 127 cm³/mol. The van der Waals surface area contributed by atoms with Gasteiger partial charge in [0.2, 0.25) is 5.88 Å². The zero-order chi connectivity index (χ0) is 24.5. The van der Waals surface area contributed by atoms with Gasteiger partial charge in [-0.25, -0.2) is 13.8 Å². The second-order valence-electron chi connectivity index (χ2n) is 8.90. The fraction of sp³-hybridized carbons (Fsp3) is 0.400. The van der Waals surface area contributed by atoms with Crippen molar-refractivity contribution in [2.75, 3.05) is 51.3 Å². The van der Waals surface area contributed by atoms with Gasteiger partial charge in [0.1, 0.15) is 35.5 Å². The van der Waals surface area contributed by atoms with Gasteiger partial charge in [0, 0.05) is 37.6 Å². The molecule has 3 aromatic rings. The molecule has 2 fully saturated rings. The molecule has 2 saturated heterocycles. The average Bonchev–Trinajstić information content (AvgIpc) is 3.27. The summed E-state index contributed by atoms with van der Waals surface area (Å²) >= 11 is 0. The predicted octanol–water partition coefficient (Wildman–Crippen LogP) is 3.03. The Balaban J connectivity index is 1.68. The van der Waals surface area contributed by atoms with Gasteiger partial charge in [0.25, 0.3) is 0 Å². The first-order valence-corrected chi connectivity index (χ1v) is 11.7. The summed E-state index contributed by atoms with van der Waals surface area (Å²) in [6.07, 6.45) is 2.06. The molecule has 0 aliphatic carbocycles. The van der Waals surface area contributed by atoms with Crippen molar-refractivity contribution in [3.05, 3.63) is 41.5 Å². The Morgan fingerprint density at radius 2 is 2.00 bits per heavy atom. The minimum Gasteiger partial charge on any atom is -0.507 e. The molecule has 0 unspecified atom stereocenters. The molecule has 1 aromatic carbocycles. The van der Waals surface area contributed by atoms with E-state index in [2.05, 4.69) is 26.3 Å². The van der Waals surface area contributed by atoms with E-state index in [1.54, 1.807) is 0 Å². The number of aromatic hydroxyl groups is 1. The minimum atomic E-state index is -0.818. The van der Waals surface area contributed by atoms with E-state index in [1.807, 2.05) is 11.9 Å². The van der Waals surface area contributed by atoms with Gasteiger partial charge in [-0.2, -0.15) is 10.2 Å². The van der Waals surface area contributed by atoms with Crippen molar-refractivity contribution in [2.45, 2.75) is 18.9 Å². The number of nitrogens with one attached hydrogen (secondary N) is 1. The monoisotopic (exact) mass is 480 g/mol. The number of aromatic nitrogens is 2. The molecular weight excluding hydrogens is 454 g/mol. The fourth-order valence-corrected chi connectivity index (χ4v) is 4.84. The molecule has 0 radical (unpaired) electrons. The van der Waals surface area contributed by atoms with Crippen molar-refractivity contribution < 1.29 is 18.6 Å². The molecular formula is C25H26F2N6O2. The molecule has 2 aliphatic heterocycles. The van der Waals surface area contributed by atoms with E-state index in [-0.39, 0.29) is 34.4 Å². The Labute approximate surface area is 201 Å². The van der Waals surface area contributed by atoms with Gasteiger partial charge in [-0.1, -0.05) is 6.07 Å². The molecule has 4 heterocycles. The normalized spacial score (nSPS) is 18.7. The maximum absolute atomic E-state index is 15.3. The molecule has 8 nitrogen and oxygen atoms in total. The summed E-state index contributed by atoms with van der Waals surface area (Å²) in [5.41, 5.74) is 0.161. The number of halogens is 2. The van der Waals surface area contributed by atoms with Gasteiger partial charge in [-0.05, 0) is 44.6 Å². The van der Waals surface area contributed by atoms with Gasteiger partial charge < -0.3 is 25.0 Å². The number of phenols is 1. The Bertz CT molecular complexity index is 1290. The van der Waals surface area contributed by atoms with Gasteiger partial charge in [0.05, 0.1) is 11.3 Å². The zero-order valence-electron chi connectivity index (χ0n) is 19.4. The number of likely N-dealkylation sites (N-methyl/N-ethyl adjacent to an activating group) is 1. The zero-order valence-corrected chi connectivity index (χ0v) is 19.4. The number of benzene rings is 1. The van der Waals surface area contributed by atoms with E-state index in [0.717, 1.165) is 25.5 Å². The molecule has 2 N–H and O–H groups in total. The molecule has 0 amide bonds. The lowest BCUT2D eigenvalue weighted by Crippen LogP contribution is -2.44. The number of fused-ring (bicyclic) bond motifs is 1. The number of ether oxygens (including phenoxy) is 1. The van der Waals surface area contributed by atoms with Crippen molar-refractivity contribution in [3.8, 4) is 29.0 Å². The number of hydrogen-bond donors (Lipinski definition) is 2. The number of phenolic OH excluding ortho intramolecular Hbond substituents is 1. The van der Waals surface area contributed by atoms with Crippen LogP contribution in [-0.2, 0) is 0 Å². The van der Waals surface area contributed by atoms with Crippen molar-refractivity contribution in [1.82, 2.24) is 20.2 Å². The Kier molecular flexibility index (Phi) is 6.36. The van der Waals surface area contributed by atoms with Crippen LogP contribution in [0.5, 0.6) is 11.6 Å². The van der Waals surface area contributed by atoms with Crippen molar-refractivity contribution in [3.63, 3.8) is 0 Å². The number of nitriles is 1. The largest absolute Gasteiger partial charge is 0.507 e. The quantitative estimate of drug-likeness (QED) is 0.575. The number of likely N-dealkylation sites (tertiary alicyclic amines) is 1. The number of pyridine rings is 2. The van der Waals surface area contributed by atoms with Crippen molar-refractivity contribution in [2.24, 2.45) is 0 Å². The number of anilines is 1. The minimum absolute atomic E-state index is 0.117. The number of nitrogens with zero attached hydrogens (tertiary/aromatic N) is 5. The Hall–Kier alpha value is -3.55. The van der Waals surface area contributed by atoms with E-state index in [0.29, 0.717) is 43.9 Å². The molecule has 35 heavy (non-hydrogen) atoms. The maximum atomic E-state index is 15.3. The number of piperazine rings is 1. The lowest BCUT2D eigenvalue weighted by Gasteiger charge is -2.31. The van der Waals surface area contributed by atoms with Crippen LogP contribution in [0.3, 0.4) is 0 Å². The summed E-state index contributed by atoms with van der Waals surface area (Å²) in [6, 6.07) is 7.36. The average molecular weight is 481 g/mol. The molecule has 10 heteroatoms. The van der Waals surface area contributed by atoms with Crippen LogP contribution in [0.15, 0.2) is 24.3 Å². The second-order valence-corrected chi connectivity index (χ2v) is 8.90. The second kappa shape index (κ2) is 9.60. The molecule has 0 spiro atoms. The number of rotatable bonds is 5. The molecule has 182 valence electrons. The maximum Gasteiger partial charge on any atom is 0.236 e. The Morgan fingerprint density at radius 3 is 2.69 bits per heavy atom. The Morgan fingerprint density at radius 1 is 1.20 bits per heavy atom. The summed E-state index contributed by atoms with van der Waals surface area (Å²) in [6.45, 7) is 3.95. The molecule has 2 aromatic heterocycles. The van der Waals surface area contributed by atoms with E-state index in [9.17, 15) is 14.8 Å². The summed E-state index contributed by atoms with van der Waals surface area (Å²) in [5.74, 6) is -1.92. The lowest BCUT2D eigenvalue weighted by molar-refractivity contribution is 0.193. The van der Waals surface area contributed by atoms with Crippen LogP contribution < -0.4 is 15.0 Å². The first kappa shape index (κ1) is 23.2. The molecule has 2 aliphatic rings. The SMILES string of the molecule is CN1CCC[C@H]1COc1nc2nc(-c3c(O)cccc3F)c(F)cc2c(N2CCNCC2)c1C#N.